The van der Waals surface area contributed by atoms with Crippen molar-refractivity contribution in [1.82, 2.24) is 9.97 Å². The third kappa shape index (κ3) is 3.81. The quantitative estimate of drug-likeness (QED) is 0.513. The summed E-state index contributed by atoms with van der Waals surface area (Å²) in [5.74, 6) is 6.29. The summed E-state index contributed by atoms with van der Waals surface area (Å²) in [4.78, 5) is 6.62. The fourth-order valence-electron chi connectivity index (χ4n) is 3.29. The Kier molecular flexibility index (Phi) is 4.98. The van der Waals surface area contributed by atoms with Gasteiger partial charge in [0.25, 0.3) is 0 Å². The number of nitrogens with zero attached hydrogens (tertiary/aromatic N) is 2. The fraction of sp³-hybridized carbons (Fsp3) is 0.0400. The molecule has 136 valence electrons. The Morgan fingerprint density at radius 1 is 0.655 bits per heavy atom. The Morgan fingerprint density at radius 2 is 1.24 bits per heavy atom. The molecule has 0 saturated heterocycles. The summed E-state index contributed by atoms with van der Waals surface area (Å²) in [6.07, 6.45) is 3.86. The largest absolute Gasteiger partial charge is 0.364 e. The lowest BCUT2D eigenvalue weighted by Gasteiger charge is -2.15. The smallest absolute Gasteiger partial charge is 0.101 e. The number of H-pyrrole nitrogens is 2. The van der Waals surface area contributed by atoms with Crippen molar-refractivity contribution in [1.29, 1.82) is 10.5 Å². The molecule has 4 nitrogen and oxygen atoms in total. The maximum atomic E-state index is 9.14. The molecule has 0 amide bonds. The van der Waals surface area contributed by atoms with E-state index >= 15 is 0 Å². The average molecular weight is 372 g/mol. The Morgan fingerprint density at radius 3 is 1.79 bits per heavy atom. The zero-order chi connectivity index (χ0) is 20.1. The number of benzene rings is 2. The van der Waals surface area contributed by atoms with Crippen LogP contribution in [0.5, 0.6) is 0 Å². The lowest BCUT2D eigenvalue weighted by atomic mass is 9.92. The van der Waals surface area contributed by atoms with Gasteiger partial charge in [-0.2, -0.15) is 10.5 Å². The van der Waals surface area contributed by atoms with E-state index < -0.39 is 0 Å². The van der Waals surface area contributed by atoms with Crippen LogP contribution >= 0.6 is 0 Å². The Labute approximate surface area is 169 Å². The number of aromatic nitrogens is 2. The highest BCUT2D eigenvalue weighted by atomic mass is 14.7. The van der Waals surface area contributed by atoms with Gasteiger partial charge < -0.3 is 9.97 Å². The molecule has 2 heterocycles. The molecule has 0 aliphatic heterocycles. The van der Waals surface area contributed by atoms with Crippen LogP contribution in [-0.4, -0.2) is 9.97 Å². The summed E-state index contributed by atoms with van der Waals surface area (Å²) < 4.78 is 0. The number of aromatic amines is 2. The minimum Gasteiger partial charge on any atom is -0.364 e. The third-order valence-corrected chi connectivity index (χ3v) is 4.72. The zero-order valence-electron chi connectivity index (χ0n) is 15.5. The van der Waals surface area contributed by atoms with Crippen LogP contribution in [0, 0.1) is 34.5 Å². The van der Waals surface area contributed by atoms with Crippen molar-refractivity contribution in [3.63, 3.8) is 0 Å². The molecule has 0 fully saturated rings. The molecule has 0 saturated carbocycles. The number of rotatable bonds is 3. The van der Waals surface area contributed by atoms with Crippen molar-refractivity contribution in [3.05, 3.63) is 118 Å². The molecule has 0 unspecified atom stereocenters. The van der Waals surface area contributed by atoms with Crippen LogP contribution in [0.1, 0.15) is 45.1 Å². The number of nitrogens with one attached hydrogen (secondary N) is 2. The fourth-order valence-corrected chi connectivity index (χ4v) is 3.29. The van der Waals surface area contributed by atoms with Crippen molar-refractivity contribution < 1.29 is 0 Å². The van der Waals surface area contributed by atoms with Gasteiger partial charge in [0.05, 0.1) is 17.0 Å². The first kappa shape index (κ1) is 17.9. The summed E-state index contributed by atoms with van der Waals surface area (Å²) in [6, 6.07) is 25.4. The molecule has 0 aliphatic carbocycles. The molecule has 29 heavy (non-hydrogen) atoms. The second-order valence-corrected chi connectivity index (χ2v) is 6.54. The third-order valence-electron chi connectivity index (χ3n) is 4.72. The molecule has 2 aromatic heterocycles. The van der Waals surface area contributed by atoms with Crippen LogP contribution in [-0.2, 0) is 0 Å². The van der Waals surface area contributed by atoms with Gasteiger partial charge in [-0.05, 0) is 60.2 Å². The molecule has 0 aliphatic rings. The van der Waals surface area contributed by atoms with Gasteiger partial charge in [-0.1, -0.05) is 24.0 Å². The Balaban J connectivity index is 1.61. The van der Waals surface area contributed by atoms with Crippen LogP contribution < -0.4 is 0 Å². The molecule has 4 rings (SSSR count). The van der Waals surface area contributed by atoms with Crippen molar-refractivity contribution in [2.45, 2.75) is 5.92 Å². The van der Waals surface area contributed by atoms with Crippen LogP contribution in [0.25, 0.3) is 0 Å². The molecule has 0 bridgehead atoms. The van der Waals surface area contributed by atoms with Crippen LogP contribution in [0.3, 0.4) is 0 Å². The standard InChI is InChI=1S/C25H16N4/c26-16-21-12-9-19(15-22(21)17-27)6-5-18-7-10-20(11-8-18)25(23-3-1-13-28-23)24-4-2-14-29-24/h1-4,7-15,25,28-29H. The monoisotopic (exact) mass is 372 g/mol. The molecular weight excluding hydrogens is 356 g/mol. The molecule has 2 N–H and O–H groups in total. The van der Waals surface area contributed by atoms with E-state index in [1.807, 2.05) is 48.8 Å². The minimum absolute atomic E-state index is 0.0960. The van der Waals surface area contributed by atoms with Gasteiger partial charge in [0.1, 0.15) is 12.1 Å². The van der Waals surface area contributed by atoms with Gasteiger partial charge in [-0.3, -0.25) is 0 Å². The predicted octanol–water partition coefficient (Wildman–Crippen LogP) is 4.67. The van der Waals surface area contributed by atoms with Crippen LogP contribution in [0.2, 0.25) is 0 Å². The number of nitriles is 2. The maximum Gasteiger partial charge on any atom is 0.101 e. The summed E-state index contributed by atoms with van der Waals surface area (Å²) in [5, 5.41) is 18.2. The van der Waals surface area contributed by atoms with Gasteiger partial charge in [0.15, 0.2) is 0 Å². The topological polar surface area (TPSA) is 79.2 Å². The van der Waals surface area contributed by atoms with Gasteiger partial charge in [-0.15, -0.1) is 0 Å². The van der Waals surface area contributed by atoms with Gasteiger partial charge >= 0.3 is 0 Å². The maximum absolute atomic E-state index is 9.14. The highest BCUT2D eigenvalue weighted by Gasteiger charge is 2.18. The predicted molar refractivity (Wildman–Crippen MR) is 111 cm³/mol. The molecule has 0 radical (unpaired) electrons. The average Bonchev–Trinajstić information content (AvgIpc) is 3.48. The molecule has 4 heteroatoms. The lowest BCUT2D eigenvalue weighted by Crippen LogP contribution is -2.04. The summed E-state index contributed by atoms with van der Waals surface area (Å²) in [6.45, 7) is 0. The van der Waals surface area contributed by atoms with E-state index in [-0.39, 0.29) is 5.92 Å². The minimum atomic E-state index is 0.0960. The van der Waals surface area contributed by atoms with E-state index in [1.165, 1.54) is 0 Å². The van der Waals surface area contributed by atoms with Crippen LogP contribution in [0.15, 0.2) is 79.1 Å². The van der Waals surface area contributed by atoms with E-state index in [2.05, 4.69) is 46.1 Å². The second-order valence-electron chi connectivity index (χ2n) is 6.54. The Bertz CT molecular complexity index is 1220. The zero-order valence-corrected chi connectivity index (χ0v) is 15.5. The second kappa shape index (κ2) is 8.05. The van der Waals surface area contributed by atoms with E-state index in [4.69, 9.17) is 10.5 Å². The lowest BCUT2D eigenvalue weighted by molar-refractivity contribution is 0.897. The molecule has 0 atom stereocenters. The van der Waals surface area contributed by atoms with E-state index in [0.717, 1.165) is 22.5 Å². The summed E-state index contributed by atoms with van der Waals surface area (Å²) >= 11 is 0. The summed E-state index contributed by atoms with van der Waals surface area (Å²) in [7, 11) is 0. The SMILES string of the molecule is N#Cc1ccc(C#Cc2ccc(C(c3ccc[nH]3)c3ccc[nH]3)cc2)cc1C#N. The normalized spacial score (nSPS) is 10.0. The molecular formula is C25H16N4. The van der Waals surface area contributed by atoms with Gasteiger partial charge in [0.2, 0.25) is 0 Å². The van der Waals surface area contributed by atoms with Crippen molar-refractivity contribution in [2.75, 3.05) is 0 Å². The summed E-state index contributed by atoms with van der Waals surface area (Å²) in [5.41, 5.74) is 5.69. The first-order chi connectivity index (χ1) is 14.3. The van der Waals surface area contributed by atoms with Crippen molar-refractivity contribution in [2.24, 2.45) is 0 Å². The van der Waals surface area contributed by atoms with E-state index in [0.29, 0.717) is 16.7 Å². The molecule has 2 aromatic carbocycles. The van der Waals surface area contributed by atoms with Crippen molar-refractivity contribution >= 4 is 0 Å². The number of hydrogen-bond acceptors (Lipinski definition) is 2. The highest BCUT2D eigenvalue weighted by Crippen LogP contribution is 2.29. The Hall–Kier alpha value is -4.46. The molecule has 0 spiro atoms. The van der Waals surface area contributed by atoms with Gasteiger partial charge in [0, 0.05) is 34.9 Å². The van der Waals surface area contributed by atoms with E-state index in [1.54, 1.807) is 18.2 Å². The van der Waals surface area contributed by atoms with Crippen LogP contribution in [0.4, 0.5) is 0 Å². The first-order valence-electron chi connectivity index (χ1n) is 9.11. The first-order valence-corrected chi connectivity index (χ1v) is 9.11. The number of hydrogen-bond donors (Lipinski definition) is 2. The highest BCUT2D eigenvalue weighted by molar-refractivity contribution is 5.53. The van der Waals surface area contributed by atoms with Crippen molar-refractivity contribution in [3.8, 4) is 24.0 Å². The van der Waals surface area contributed by atoms with Gasteiger partial charge in [-0.25, -0.2) is 0 Å². The molecule has 4 aromatic rings. The van der Waals surface area contributed by atoms with E-state index in [9.17, 15) is 0 Å².